The summed E-state index contributed by atoms with van der Waals surface area (Å²) in [5.41, 5.74) is -0.715. The van der Waals surface area contributed by atoms with Gasteiger partial charge in [0.25, 0.3) is 0 Å². The fraction of sp³-hybridized carbons (Fsp3) is 0.300. The molecule has 0 bridgehead atoms. The van der Waals surface area contributed by atoms with Gasteiger partial charge in [0, 0.05) is 0 Å². The molecule has 0 atom stereocenters. The van der Waals surface area contributed by atoms with Crippen LogP contribution in [-0.2, 0) is 24.5 Å². The van der Waals surface area contributed by atoms with E-state index in [2.05, 4.69) is 0 Å². The monoisotopic (exact) mass is 342 g/mol. The molecule has 0 amide bonds. The molecule has 5 nitrogen and oxygen atoms in total. The number of rotatable bonds is 7. The van der Waals surface area contributed by atoms with Crippen molar-refractivity contribution >= 4 is 11.9 Å². The quantitative estimate of drug-likeness (QED) is 0.571. The van der Waals surface area contributed by atoms with E-state index in [4.69, 9.17) is 14.2 Å². The van der Waals surface area contributed by atoms with Crippen molar-refractivity contribution in [1.29, 1.82) is 0 Å². The standard InChI is InChI=1S/C20H22O5/c1-4-24-18(21)20(19(22)25-5-2,15-9-7-6-8-10-15)16-11-13-17(23-3)14-12-16/h6-14H,4-5H2,1-3H3. The average Bonchev–Trinajstić information content (AvgIpc) is 2.64. The Hall–Kier alpha value is -2.82. The molecule has 0 aliphatic rings. The van der Waals surface area contributed by atoms with E-state index in [1.165, 1.54) is 0 Å². The molecule has 0 aromatic heterocycles. The highest BCUT2D eigenvalue weighted by Crippen LogP contribution is 2.36. The molecule has 2 aromatic rings. The summed E-state index contributed by atoms with van der Waals surface area (Å²) in [5.74, 6) is -0.701. The third-order valence-corrected chi connectivity index (χ3v) is 3.89. The Labute approximate surface area is 147 Å². The Morgan fingerprint density at radius 3 is 1.72 bits per heavy atom. The molecule has 0 saturated heterocycles. The highest BCUT2D eigenvalue weighted by atomic mass is 16.6. The van der Waals surface area contributed by atoms with Gasteiger partial charge >= 0.3 is 11.9 Å². The second-order valence-electron chi connectivity index (χ2n) is 5.29. The molecule has 0 fully saturated rings. The van der Waals surface area contributed by atoms with Gasteiger partial charge in [-0.15, -0.1) is 0 Å². The van der Waals surface area contributed by atoms with Gasteiger partial charge in [0.05, 0.1) is 20.3 Å². The first kappa shape index (κ1) is 18.5. The zero-order valence-electron chi connectivity index (χ0n) is 14.7. The summed E-state index contributed by atoms with van der Waals surface area (Å²) in [6, 6.07) is 15.6. The molecule has 0 radical (unpaired) electrons. The summed E-state index contributed by atoms with van der Waals surface area (Å²) >= 11 is 0. The van der Waals surface area contributed by atoms with Gasteiger partial charge in [0.2, 0.25) is 5.41 Å². The fourth-order valence-electron chi connectivity index (χ4n) is 2.73. The van der Waals surface area contributed by atoms with Crippen molar-refractivity contribution in [3.63, 3.8) is 0 Å². The molecule has 25 heavy (non-hydrogen) atoms. The minimum Gasteiger partial charge on any atom is -0.497 e. The normalized spacial score (nSPS) is 10.8. The van der Waals surface area contributed by atoms with Crippen molar-refractivity contribution in [2.75, 3.05) is 20.3 Å². The van der Waals surface area contributed by atoms with Gasteiger partial charge in [0.15, 0.2) is 0 Å². The molecule has 5 heteroatoms. The van der Waals surface area contributed by atoms with Crippen LogP contribution in [0.2, 0.25) is 0 Å². The first-order valence-corrected chi connectivity index (χ1v) is 8.15. The maximum absolute atomic E-state index is 13.0. The van der Waals surface area contributed by atoms with Gasteiger partial charge in [-0.25, -0.2) is 0 Å². The molecule has 132 valence electrons. The molecule has 0 N–H and O–H groups in total. The average molecular weight is 342 g/mol. The zero-order chi connectivity index (χ0) is 18.3. The van der Waals surface area contributed by atoms with Gasteiger partial charge < -0.3 is 14.2 Å². The van der Waals surface area contributed by atoms with E-state index >= 15 is 0 Å². The summed E-state index contributed by atoms with van der Waals surface area (Å²) in [7, 11) is 1.55. The Morgan fingerprint density at radius 2 is 1.28 bits per heavy atom. The number of hydrogen-bond donors (Lipinski definition) is 0. The van der Waals surface area contributed by atoms with Gasteiger partial charge in [-0.05, 0) is 37.1 Å². The van der Waals surface area contributed by atoms with E-state index in [0.29, 0.717) is 16.9 Å². The summed E-state index contributed by atoms with van der Waals surface area (Å²) in [6.07, 6.45) is 0. The fourth-order valence-corrected chi connectivity index (χ4v) is 2.73. The predicted octanol–water partition coefficient (Wildman–Crippen LogP) is 3.11. The lowest BCUT2D eigenvalue weighted by atomic mass is 9.74. The number of benzene rings is 2. The maximum atomic E-state index is 13.0. The van der Waals surface area contributed by atoms with Crippen molar-refractivity contribution in [3.8, 4) is 5.75 Å². The predicted molar refractivity (Wildman–Crippen MR) is 93.5 cm³/mol. The smallest absolute Gasteiger partial charge is 0.332 e. The van der Waals surface area contributed by atoms with Crippen molar-refractivity contribution in [2.45, 2.75) is 19.3 Å². The topological polar surface area (TPSA) is 61.8 Å². The van der Waals surface area contributed by atoms with Crippen molar-refractivity contribution in [1.82, 2.24) is 0 Å². The van der Waals surface area contributed by atoms with Gasteiger partial charge in [0.1, 0.15) is 5.75 Å². The zero-order valence-corrected chi connectivity index (χ0v) is 14.7. The molecule has 2 rings (SSSR count). The summed E-state index contributed by atoms with van der Waals surface area (Å²) in [5, 5.41) is 0. The number of carbonyl (C=O) groups is 2. The Kier molecular flexibility index (Phi) is 6.17. The van der Waals surface area contributed by atoms with E-state index in [-0.39, 0.29) is 13.2 Å². The largest absolute Gasteiger partial charge is 0.497 e. The third-order valence-electron chi connectivity index (χ3n) is 3.89. The highest BCUT2D eigenvalue weighted by Gasteiger charge is 2.52. The number of carbonyl (C=O) groups excluding carboxylic acids is 2. The van der Waals surface area contributed by atoms with Crippen LogP contribution in [0.5, 0.6) is 5.75 Å². The van der Waals surface area contributed by atoms with Crippen molar-refractivity contribution in [2.24, 2.45) is 0 Å². The molecule has 0 unspecified atom stereocenters. The molecule has 0 spiro atoms. The Morgan fingerprint density at radius 1 is 0.800 bits per heavy atom. The van der Waals surface area contributed by atoms with Gasteiger partial charge in [-0.2, -0.15) is 0 Å². The maximum Gasteiger partial charge on any atom is 0.332 e. The molecule has 0 saturated carbocycles. The van der Waals surface area contributed by atoms with Crippen LogP contribution in [0.15, 0.2) is 54.6 Å². The van der Waals surface area contributed by atoms with Crippen LogP contribution >= 0.6 is 0 Å². The summed E-state index contributed by atoms with van der Waals surface area (Å²) in [6.45, 7) is 3.71. The third kappa shape index (κ3) is 3.50. The molecular formula is C20H22O5. The van der Waals surface area contributed by atoms with E-state index < -0.39 is 17.4 Å². The minimum absolute atomic E-state index is 0.156. The van der Waals surface area contributed by atoms with E-state index in [0.717, 1.165) is 0 Å². The van der Waals surface area contributed by atoms with Crippen LogP contribution < -0.4 is 4.74 Å². The number of ether oxygens (including phenoxy) is 3. The van der Waals surface area contributed by atoms with Crippen molar-refractivity contribution < 1.29 is 23.8 Å². The van der Waals surface area contributed by atoms with Crippen LogP contribution in [0.4, 0.5) is 0 Å². The van der Waals surface area contributed by atoms with E-state index in [9.17, 15) is 9.59 Å². The van der Waals surface area contributed by atoms with Gasteiger partial charge in [-0.3, -0.25) is 9.59 Å². The Bertz CT molecular complexity index is 689. The van der Waals surface area contributed by atoms with Crippen LogP contribution in [0, 0.1) is 0 Å². The Balaban J connectivity index is 2.73. The lowest BCUT2D eigenvalue weighted by molar-refractivity contribution is -0.162. The highest BCUT2D eigenvalue weighted by molar-refractivity contribution is 6.10. The first-order chi connectivity index (χ1) is 12.1. The second-order valence-corrected chi connectivity index (χ2v) is 5.29. The first-order valence-electron chi connectivity index (χ1n) is 8.15. The number of esters is 2. The van der Waals surface area contributed by atoms with Crippen LogP contribution in [-0.4, -0.2) is 32.3 Å². The lowest BCUT2D eigenvalue weighted by Gasteiger charge is -2.30. The lowest BCUT2D eigenvalue weighted by Crippen LogP contribution is -2.47. The second kappa shape index (κ2) is 8.33. The molecule has 0 heterocycles. The van der Waals surface area contributed by atoms with Crippen molar-refractivity contribution in [3.05, 3.63) is 65.7 Å². The van der Waals surface area contributed by atoms with Crippen LogP contribution in [0.1, 0.15) is 25.0 Å². The summed E-state index contributed by atoms with van der Waals surface area (Å²) in [4.78, 5) is 26.0. The molecule has 0 aliphatic carbocycles. The van der Waals surface area contributed by atoms with Crippen LogP contribution in [0.3, 0.4) is 0 Å². The molecule has 2 aromatic carbocycles. The number of methoxy groups -OCH3 is 1. The van der Waals surface area contributed by atoms with E-state index in [1.807, 2.05) is 6.07 Å². The minimum atomic E-state index is -1.68. The summed E-state index contributed by atoms with van der Waals surface area (Å²) < 4.78 is 15.7. The SMILES string of the molecule is CCOC(=O)C(C(=O)OCC)(c1ccccc1)c1ccc(OC)cc1. The molecular weight excluding hydrogens is 320 g/mol. The van der Waals surface area contributed by atoms with E-state index in [1.54, 1.807) is 69.5 Å². The van der Waals surface area contributed by atoms with Crippen LogP contribution in [0.25, 0.3) is 0 Å². The van der Waals surface area contributed by atoms with Gasteiger partial charge in [-0.1, -0.05) is 42.5 Å². The number of hydrogen-bond acceptors (Lipinski definition) is 5. The molecule has 0 aliphatic heterocycles.